The highest BCUT2D eigenvalue weighted by Gasteiger charge is 2.43. The maximum Gasteiger partial charge on any atom is 0.379 e. The number of esters is 1. The van der Waals surface area contributed by atoms with Crippen LogP contribution in [-0.4, -0.2) is 30.1 Å². The van der Waals surface area contributed by atoms with Gasteiger partial charge in [-0.3, -0.25) is 4.79 Å². The van der Waals surface area contributed by atoms with Crippen molar-refractivity contribution in [3.63, 3.8) is 0 Å². The quantitative estimate of drug-likeness (QED) is 0.486. The van der Waals surface area contributed by atoms with Gasteiger partial charge >= 0.3 is 5.97 Å². The molecule has 1 N–H and O–H groups in total. The highest BCUT2D eigenvalue weighted by atomic mass is 16.5. The average Bonchev–Trinajstić information content (AvgIpc) is 3.19. The predicted molar refractivity (Wildman–Crippen MR) is 65.4 cm³/mol. The van der Waals surface area contributed by atoms with E-state index in [4.69, 9.17) is 0 Å². The molecule has 0 amide bonds. The third-order valence-electron chi connectivity index (χ3n) is 3.38. The summed E-state index contributed by atoms with van der Waals surface area (Å²) >= 11 is 0. The summed E-state index contributed by atoms with van der Waals surface area (Å²) in [5, 5.41) is 9.31. The number of benzene rings is 1. The Kier molecular flexibility index (Phi) is 3.48. The molecule has 0 atom stereocenters. The van der Waals surface area contributed by atoms with Crippen LogP contribution in [0.1, 0.15) is 35.7 Å². The Balaban J connectivity index is 2.13. The van der Waals surface area contributed by atoms with Gasteiger partial charge in [-0.25, -0.2) is 4.79 Å². The van der Waals surface area contributed by atoms with Gasteiger partial charge in [0.05, 0.1) is 13.2 Å². The summed E-state index contributed by atoms with van der Waals surface area (Å²) in [7, 11) is 0. The van der Waals surface area contributed by atoms with Crippen molar-refractivity contribution in [2.24, 2.45) is 0 Å². The molecule has 0 bridgehead atoms. The first-order chi connectivity index (χ1) is 8.63. The van der Waals surface area contributed by atoms with E-state index < -0.39 is 11.8 Å². The first-order valence-corrected chi connectivity index (χ1v) is 6.06. The Hall–Kier alpha value is -1.68. The molecule has 0 unspecified atom stereocenters. The van der Waals surface area contributed by atoms with E-state index in [0.29, 0.717) is 5.56 Å². The van der Waals surface area contributed by atoms with Crippen molar-refractivity contribution in [3.05, 3.63) is 35.4 Å². The molecule has 2 rings (SSSR count). The van der Waals surface area contributed by atoms with E-state index >= 15 is 0 Å². The zero-order chi connectivity index (χ0) is 13.2. The van der Waals surface area contributed by atoms with Gasteiger partial charge in [0.2, 0.25) is 0 Å². The van der Waals surface area contributed by atoms with Crippen molar-refractivity contribution in [2.45, 2.75) is 25.2 Å². The maximum atomic E-state index is 11.7. The number of hydrogen-bond acceptors (Lipinski definition) is 4. The van der Waals surface area contributed by atoms with Crippen LogP contribution in [0.2, 0.25) is 0 Å². The lowest BCUT2D eigenvalue weighted by Gasteiger charge is -2.12. The second-order valence-electron chi connectivity index (χ2n) is 4.57. The van der Waals surface area contributed by atoms with Crippen LogP contribution in [0.3, 0.4) is 0 Å². The Morgan fingerprint density at radius 3 is 2.33 bits per heavy atom. The van der Waals surface area contributed by atoms with Gasteiger partial charge in [0.15, 0.2) is 0 Å². The van der Waals surface area contributed by atoms with Crippen LogP contribution in [0, 0.1) is 0 Å². The molecular formula is C14H16O4. The first-order valence-electron chi connectivity index (χ1n) is 6.06. The van der Waals surface area contributed by atoms with Crippen LogP contribution in [-0.2, 0) is 14.9 Å². The average molecular weight is 248 g/mol. The smallest absolute Gasteiger partial charge is 0.379 e. The largest absolute Gasteiger partial charge is 0.460 e. The zero-order valence-electron chi connectivity index (χ0n) is 10.3. The third kappa shape index (κ3) is 2.29. The summed E-state index contributed by atoms with van der Waals surface area (Å²) in [4.78, 5) is 22.9. The normalized spacial score (nSPS) is 16.1. The molecule has 4 heteroatoms. The molecule has 1 fully saturated rings. The highest BCUT2D eigenvalue weighted by Crippen LogP contribution is 2.47. The van der Waals surface area contributed by atoms with Gasteiger partial charge < -0.3 is 9.84 Å². The van der Waals surface area contributed by atoms with Gasteiger partial charge in [-0.05, 0) is 25.3 Å². The van der Waals surface area contributed by atoms with Crippen molar-refractivity contribution in [1.29, 1.82) is 0 Å². The topological polar surface area (TPSA) is 63.6 Å². The number of ether oxygens (including phenoxy) is 1. The van der Waals surface area contributed by atoms with Crippen molar-refractivity contribution in [3.8, 4) is 0 Å². The van der Waals surface area contributed by atoms with E-state index in [1.54, 1.807) is 31.2 Å². The van der Waals surface area contributed by atoms with E-state index in [0.717, 1.165) is 18.4 Å². The molecule has 96 valence electrons. The van der Waals surface area contributed by atoms with Gasteiger partial charge in [0.1, 0.15) is 0 Å². The molecule has 0 radical (unpaired) electrons. The van der Waals surface area contributed by atoms with Crippen molar-refractivity contribution in [2.75, 3.05) is 13.2 Å². The minimum Gasteiger partial charge on any atom is -0.460 e. The van der Waals surface area contributed by atoms with E-state index in [2.05, 4.69) is 4.74 Å². The van der Waals surface area contributed by atoms with Crippen LogP contribution >= 0.6 is 0 Å². The zero-order valence-corrected chi connectivity index (χ0v) is 10.3. The molecule has 0 aliphatic heterocycles. The maximum absolute atomic E-state index is 11.7. The summed E-state index contributed by atoms with van der Waals surface area (Å²) in [6.07, 6.45) is 1.93. The SMILES string of the molecule is CCOC(=O)C(=O)c1ccc(C2(CO)CC2)cc1. The minimum atomic E-state index is -0.825. The fourth-order valence-corrected chi connectivity index (χ4v) is 1.98. The number of aliphatic hydroxyl groups excluding tert-OH is 1. The lowest BCUT2D eigenvalue weighted by atomic mass is 9.95. The first kappa shape index (κ1) is 12.8. The molecule has 1 aliphatic carbocycles. The second-order valence-corrected chi connectivity index (χ2v) is 4.57. The summed E-state index contributed by atoms with van der Waals surface area (Å²) in [5.74, 6) is -1.45. The number of rotatable bonds is 5. The van der Waals surface area contributed by atoms with E-state index in [1.807, 2.05) is 0 Å². The Morgan fingerprint density at radius 2 is 1.89 bits per heavy atom. The molecule has 1 aromatic carbocycles. The number of Topliss-reactive ketones (excluding diaryl/α,β-unsaturated/α-hetero) is 1. The molecule has 0 heterocycles. The van der Waals surface area contributed by atoms with Gasteiger partial charge in [0.25, 0.3) is 5.78 Å². The molecule has 4 nitrogen and oxygen atoms in total. The van der Waals surface area contributed by atoms with E-state index in [1.165, 1.54) is 0 Å². The summed E-state index contributed by atoms with van der Waals surface area (Å²) in [6.45, 7) is 1.97. The fraction of sp³-hybridized carbons (Fsp3) is 0.429. The van der Waals surface area contributed by atoms with Crippen LogP contribution in [0.25, 0.3) is 0 Å². The third-order valence-corrected chi connectivity index (χ3v) is 3.38. The van der Waals surface area contributed by atoms with Crippen molar-refractivity contribution in [1.82, 2.24) is 0 Å². The lowest BCUT2D eigenvalue weighted by molar-refractivity contribution is -0.137. The van der Waals surface area contributed by atoms with Gasteiger partial charge in [-0.15, -0.1) is 0 Å². The number of carbonyl (C=O) groups excluding carboxylic acids is 2. The van der Waals surface area contributed by atoms with Gasteiger partial charge in [-0.2, -0.15) is 0 Å². The van der Waals surface area contributed by atoms with Crippen molar-refractivity contribution < 1.29 is 19.4 Å². The molecule has 0 saturated heterocycles. The number of carbonyl (C=O) groups is 2. The summed E-state index contributed by atoms with van der Waals surface area (Å²) in [6, 6.07) is 6.83. The van der Waals surface area contributed by atoms with Crippen LogP contribution in [0.5, 0.6) is 0 Å². The number of aliphatic hydroxyl groups is 1. The Bertz CT molecular complexity index is 457. The lowest BCUT2D eigenvalue weighted by Crippen LogP contribution is -2.18. The molecule has 0 aromatic heterocycles. The van der Waals surface area contributed by atoms with Crippen molar-refractivity contribution >= 4 is 11.8 Å². The van der Waals surface area contributed by atoms with Crippen LogP contribution in [0.15, 0.2) is 24.3 Å². The van der Waals surface area contributed by atoms with E-state index in [9.17, 15) is 14.7 Å². The minimum absolute atomic E-state index is 0.120. The monoisotopic (exact) mass is 248 g/mol. The fourth-order valence-electron chi connectivity index (χ4n) is 1.98. The second kappa shape index (κ2) is 4.90. The van der Waals surface area contributed by atoms with Gasteiger partial charge in [0, 0.05) is 11.0 Å². The number of ketones is 1. The van der Waals surface area contributed by atoms with Crippen LogP contribution in [0.4, 0.5) is 0 Å². The Labute approximate surface area is 106 Å². The van der Waals surface area contributed by atoms with Crippen LogP contribution < -0.4 is 0 Å². The highest BCUT2D eigenvalue weighted by molar-refractivity contribution is 6.40. The predicted octanol–water partition coefficient (Wildman–Crippen LogP) is 1.46. The Morgan fingerprint density at radius 1 is 1.28 bits per heavy atom. The molecular weight excluding hydrogens is 232 g/mol. The van der Waals surface area contributed by atoms with Gasteiger partial charge in [-0.1, -0.05) is 24.3 Å². The molecule has 0 spiro atoms. The standard InChI is InChI=1S/C14H16O4/c1-2-18-13(17)12(16)10-3-5-11(6-4-10)14(9-15)7-8-14/h3-6,15H,2,7-9H2,1H3. The number of hydrogen-bond donors (Lipinski definition) is 1. The summed E-state index contributed by atoms with van der Waals surface area (Å²) in [5.41, 5.74) is 1.22. The summed E-state index contributed by atoms with van der Waals surface area (Å²) < 4.78 is 4.66. The molecule has 1 saturated carbocycles. The van der Waals surface area contributed by atoms with E-state index in [-0.39, 0.29) is 18.6 Å². The molecule has 1 aliphatic rings. The molecule has 18 heavy (non-hydrogen) atoms. The molecule has 1 aromatic rings.